The van der Waals surface area contributed by atoms with Crippen molar-refractivity contribution >= 4 is 53.9 Å². The smallest absolute Gasteiger partial charge is 0.127 e. The molecule has 20 heteroatoms. The summed E-state index contributed by atoms with van der Waals surface area (Å²) in [6, 6.07) is 104. The lowest BCUT2D eigenvalue weighted by Crippen LogP contribution is -2.02. The van der Waals surface area contributed by atoms with Crippen LogP contribution in [0.1, 0.15) is 111 Å². The van der Waals surface area contributed by atoms with E-state index in [9.17, 15) is 102 Å². The molecule has 0 aliphatic rings. The van der Waals surface area contributed by atoms with E-state index in [2.05, 4.69) is 0 Å². The zero-order valence-corrected chi connectivity index (χ0v) is 75.7. The van der Waals surface area contributed by atoms with Gasteiger partial charge in [0.05, 0.1) is 0 Å². The van der Waals surface area contributed by atoms with Crippen molar-refractivity contribution in [3.63, 3.8) is 0 Å². The summed E-state index contributed by atoms with van der Waals surface area (Å²) in [4.78, 5) is 0. The van der Waals surface area contributed by atoms with Gasteiger partial charge in [-0.15, -0.1) is 0 Å². The fraction of sp³-hybridized carbons (Fsp3) is 0.0833. The zero-order chi connectivity index (χ0) is 98.4. The van der Waals surface area contributed by atoms with Gasteiger partial charge in [0.2, 0.25) is 0 Å². The van der Waals surface area contributed by atoms with Crippen LogP contribution in [0.2, 0.25) is 0 Å². The fourth-order valence-electron chi connectivity index (χ4n) is 17.5. The second-order valence-corrected chi connectivity index (χ2v) is 34.7. The minimum atomic E-state index is 0.0720. The summed E-state index contributed by atoms with van der Waals surface area (Å²) in [5, 5.41) is 209. The minimum Gasteiger partial charge on any atom is -0.508 e. The number of phenolic OH excluding ortho intramolecular Hbond substituents is 20. The summed E-state index contributed by atoms with van der Waals surface area (Å²) in [5.41, 5.74) is 17.5. The fourth-order valence-corrected chi connectivity index (χ4v) is 17.5. The molecule has 0 aliphatic heterocycles. The van der Waals surface area contributed by atoms with Crippen LogP contribution in [-0.2, 0) is 64.2 Å². The number of hydrogen-bond acceptors (Lipinski definition) is 20. The van der Waals surface area contributed by atoms with E-state index in [1.54, 1.807) is 194 Å². The zero-order valence-electron chi connectivity index (χ0n) is 75.7. The van der Waals surface area contributed by atoms with Crippen molar-refractivity contribution in [1.82, 2.24) is 0 Å². The van der Waals surface area contributed by atoms with E-state index in [0.717, 1.165) is 105 Å². The summed E-state index contributed by atoms with van der Waals surface area (Å²) >= 11 is 0. The van der Waals surface area contributed by atoms with Crippen molar-refractivity contribution in [2.45, 2.75) is 64.2 Å². The summed E-state index contributed by atoms with van der Waals surface area (Å²) in [7, 11) is 0. The molecule has 20 rings (SSSR count). The third-order valence-corrected chi connectivity index (χ3v) is 24.7. The molecule has 0 aromatic heterocycles. The average molecular weight is 1860 g/mol. The number of phenols is 20. The molecule has 20 N–H and O–H groups in total. The maximum atomic E-state index is 11.9. The first-order valence-corrected chi connectivity index (χ1v) is 45.1. The second kappa shape index (κ2) is 42.5. The average Bonchev–Trinajstić information content (AvgIpc) is 0.744. The molecule has 0 saturated carbocycles. The molecule has 0 spiro atoms. The van der Waals surface area contributed by atoms with Crippen molar-refractivity contribution in [1.29, 1.82) is 0 Å². The molecule has 0 amide bonds. The maximum Gasteiger partial charge on any atom is 0.127 e. The predicted molar refractivity (Wildman–Crippen MR) is 546 cm³/mol. The van der Waals surface area contributed by atoms with E-state index in [0.29, 0.717) is 124 Å². The highest BCUT2D eigenvalue weighted by Gasteiger charge is 2.25. The molecule has 0 aliphatic carbocycles. The number of fused-ring (bicyclic) bond motifs is 5. The van der Waals surface area contributed by atoms with Crippen LogP contribution < -0.4 is 0 Å². The van der Waals surface area contributed by atoms with Crippen LogP contribution in [-0.4, -0.2) is 102 Å². The highest BCUT2D eigenvalue weighted by atomic mass is 16.3. The van der Waals surface area contributed by atoms with E-state index < -0.39 is 0 Å². The number of aromatic hydroxyl groups is 20. The van der Waals surface area contributed by atoms with E-state index in [4.69, 9.17) is 0 Å². The molecule has 0 unspecified atom stereocenters. The van der Waals surface area contributed by atoms with Gasteiger partial charge in [0, 0.05) is 80.6 Å². The van der Waals surface area contributed by atoms with Crippen LogP contribution in [0.15, 0.2) is 364 Å². The molecule has 700 valence electrons. The van der Waals surface area contributed by atoms with Crippen molar-refractivity contribution in [3.05, 3.63) is 475 Å². The molecular formula is C120H100O20. The van der Waals surface area contributed by atoms with Gasteiger partial charge >= 0.3 is 0 Å². The Morgan fingerprint density at radius 3 is 0.679 bits per heavy atom. The van der Waals surface area contributed by atoms with Crippen molar-refractivity contribution in [2.24, 2.45) is 0 Å². The quantitative estimate of drug-likeness (QED) is 0.0337. The van der Waals surface area contributed by atoms with Gasteiger partial charge in [-0.3, -0.25) is 0 Å². The molecule has 0 saturated heterocycles. The summed E-state index contributed by atoms with van der Waals surface area (Å²) in [5.74, 6) is 3.28. The highest BCUT2D eigenvalue weighted by Crippen LogP contribution is 2.47. The molecule has 20 nitrogen and oxygen atoms in total. The minimum absolute atomic E-state index is 0.0720. The number of benzene rings is 20. The van der Waals surface area contributed by atoms with Gasteiger partial charge in [-0.25, -0.2) is 0 Å². The summed E-state index contributed by atoms with van der Waals surface area (Å²) in [6.45, 7) is 0. The third kappa shape index (κ3) is 23.0. The van der Waals surface area contributed by atoms with Gasteiger partial charge in [-0.2, -0.15) is 0 Å². The molecule has 0 bridgehead atoms. The monoisotopic (exact) mass is 1860 g/mol. The highest BCUT2D eigenvalue weighted by molar-refractivity contribution is 6.02. The van der Waals surface area contributed by atoms with E-state index in [1.807, 2.05) is 170 Å². The molecule has 140 heavy (non-hydrogen) atoms. The van der Waals surface area contributed by atoms with Gasteiger partial charge in [0.1, 0.15) is 115 Å². The lowest BCUT2D eigenvalue weighted by molar-refractivity contribution is 0.468. The number of hydrogen-bond donors (Lipinski definition) is 20. The van der Waals surface area contributed by atoms with Gasteiger partial charge in [0.25, 0.3) is 0 Å². The maximum absolute atomic E-state index is 11.9. The topological polar surface area (TPSA) is 405 Å². The molecule has 20 aromatic rings. The Morgan fingerprint density at radius 2 is 0.343 bits per heavy atom. The van der Waals surface area contributed by atoms with Crippen LogP contribution in [0.4, 0.5) is 0 Å². The van der Waals surface area contributed by atoms with E-state index >= 15 is 0 Å². The van der Waals surface area contributed by atoms with Crippen LogP contribution in [0.5, 0.6) is 115 Å². The van der Waals surface area contributed by atoms with E-state index in [1.165, 1.54) is 0 Å². The van der Waals surface area contributed by atoms with Crippen LogP contribution in [0.25, 0.3) is 53.9 Å². The van der Waals surface area contributed by atoms with Gasteiger partial charge in [-0.1, -0.05) is 200 Å². The lowest BCUT2D eigenvalue weighted by Gasteiger charge is -2.20. The van der Waals surface area contributed by atoms with Crippen molar-refractivity contribution in [3.8, 4) is 115 Å². The Morgan fingerprint density at radius 1 is 0.121 bits per heavy atom. The molecule has 0 atom stereocenters. The lowest BCUT2D eigenvalue weighted by atomic mass is 9.86. The van der Waals surface area contributed by atoms with Crippen LogP contribution in [0, 0.1) is 0 Å². The Kier molecular flexibility index (Phi) is 28.8. The SMILES string of the molecule is Oc1ccc(Cc2cc(Cc3ccc(O)cc3)c3c(O)c(Cc4ccc(O)cc4)cc(Cc4ccc(O)cc4)c3c2O)cc1.Oc1ccc(Cc2cc(Cc3ccc(O)cc3)c3c(O)ccc(Cc4ccc(O)cc4)c3c2O)cc1.Oc1ccc(Cc2ccc(O)c3cccc(O)c23)cc1.Oc1ccc(Cc2ccc3c(O)cccc3c2O)cc1.Oc1ccc(Cc2ccc3cc(O)ccc3c2O)cc1. The third-order valence-electron chi connectivity index (χ3n) is 24.7. The Bertz CT molecular complexity index is 7660. The van der Waals surface area contributed by atoms with Crippen molar-refractivity contribution in [2.75, 3.05) is 0 Å². The van der Waals surface area contributed by atoms with E-state index in [-0.39, 0.29) is 115 Å². The second-order valence-electron chi connectivity index (χ2n) is 34.7. The molecule has 20 aromatic carbocycles. The standard InChI is InChI=1S/C38H32O6.C31H26O5.3C17H14O3/c39-31-9-1-23(2-10-31)17-27-21-29(19-25-5-13-33(41)14-6-25)38(44)36-28(18-24-3-11-32(40)12-4-24)22-30(37(43)35(27)36)20-26-7-15-34(42)16-8-26;32-25-8-1-19(2-9-25)15-22-7-14-28(35)29-23(16-20-3-10-26(33)11-4-20)18-24(31(36)30(22)29)17-21-5-12-27(34)13-6-21;18-14-5-1-11(2-6-14)9-13-4-3-12-10-15(19)7-8-16(12)17(13)20;18-13-7-4-11(5-8-13)10-12-6-9-14-15(17(12)20)2-1-3-16(14)19;18-13-7-4-11(5-8-13)10-12-6-9-15(19)14-2-1-3-16(20)17(12)14/h1-16,21-22,39-44H,17-20H2;1-14,18,32-36H,15-17H2;1-8,10,18-20H,9H2;2*1-9,18-20H,10H2. The summed E-state index contributed by atoms with van der Waals surface area (Å²) < 4.78 is 0. The van der Waals surface area contributed by atoms with Crippen LogP contribution >= 0.6 is 0 Å². The number of rotatable bonds is 20. The molecule has 0 heterocycles. The Labute approximate surface area is 805 Å². The first-order chi connectivity index (χ1) is 67.5. The molecular weight excluding hydrogens is 1760 g/mol. The molecule has 0 radical (unpaired) electrons. The predicted octanol–water partition coefficient (Wildman–Crippen LogP) is 24.2. The first kappa shape index (κ1) is 94.9. The normalized spacial score (nSPS) is 11.0. The first-order valence-electron chi connectivity index (χ1n) is 45.1. The van der Waals surface area contributed by atoms with Crippen LogP contribution in [0.3, 0.4) is 0 Å². The van der Waals surface area contributed by atoms with Gasteiger partial charge in [0.15, 0.2) is 0 Å². The van der Waals surface area contributed by atoms with Gasteiger partial charge in [-0.05, 0) is 313 Å². The Hall–Kier alpha value is -18.3. The van der Waals surface area contributed by atoms with Gasteiger partial charge < -0.3 is 102 Å². The Balaban J connectivity index is 0.000000132. The molecule has 0 fully saturated rings. The summed E-state index contributed by atoms with van der Waals surface area (Å²) in [6.07, 6.45) is 4.90. The largest absolute Gasteiger partial charge is 0.508 e. The van der Waals surface area contributed by atoms with Crippen molar-refractivity contribution < 1.29 is 102 Å².